The van der Waals surface area contributed by atoms with Gasteiger partial charge >= 0.3 is 6.18 Å². The molecule has 0 bridgehead atoms. The number of rotatable bonds is 4. The summed E-state index contributed by atoms with van der Waals surface area (Å²) in [5.41, 5.74) is -1.41. The van der Waals surface area contributed by atoms with Crippen molar-refractivity contribution in [1.82, 2.24) is 19.3 Å². The van der Waals surface area contributed by atoms with E-state index < -0.39 is 33.1 Å². The van der Waals surface area contributed by atoms with Gasteiger partial charge in [0.15, 0.2) is 0 Å². The van der Waals surface area contributed by atoms with Crippen LogP contribution in [0, 0.1) is 17.1 Å². The molecule has 1 N–H and O–H groups in total. The number of halogens is 4. The fourth-order valence-electron chi connectivity index (χ4n) is 3.66. The van der Waals surface area contributed by atoms with Crippen molar-refractivity contribution in [2.24, 2.45) is 0 Å². The largest absolute Gasteiger partial charge is 0.417 e. The van der Waals surface area contributed by atoms with Crippen LogP contribution >= 0.6 is 0 Å². The van der Waals surface area contributed by atoms with E-state index in [2.05, 4.69) is 14.7 Å². The van der Waals surface area contributed by atoms with Crippen LogP contribution in [0.3, 0.4) is 0 Å². The average Bonchev–Trinajstić information content (AvgIpc) is 3.11. The molecule has 0 fully saturated rings. The molecule has 0 aliphatic carbocycles. The summed E-state index contributed by atoms with van der Waals surface area (Å²) in [6.07, 6.45) is -2.96. The Labute approximate surface area is 204 Å². The fourth-order valence-corrected chi connectivity index (χ4v) is 5.02. The third-order valence-corrected chi connectivity index (χ3v) is 6.81. The number of nitrogens with one attached hydrogen (secondary N) is 1. The molecule has 0 aliphatic heterocycles. The summed E-state index contributed by atoms with van der Waals surface area (Å²) in [7, 11) is -3.91. The predicted octanol–water partition coefficient (Wildman–Crippen LogP) is 5.19. The van der Waals surface area contributed by atoms with Crippen molar-refractivity contribution in [1.29, 1.82) is 5.26 Å². The lowest BCUT2D eigenvalue weighted by Gasteiger charge is -2.20. The Morgan fingerprint density at radius 1 is 1.00 bits per heavy atom. The minimum atomic E-state index is -4.69. The maximum Gasteiger partial charge on any atom is 0.417 e. The van der Waals surface area contributed by atoms with Gasteiger partial charge in [0, 0.05) is 29.0 Å². The van der Waals surface area contributed by atoms with Crippen molar-refractivity contribution >= 4 is 21.1 Å². The summed E-state index contributed by atoms with van der Waals surface area (Å²) in [6.45, 7) is 5.03. The Hall–Kier alpha value is -3.82. The van der Waals surface area contributed by atoms with Crippen molar-refractivity contribution in [3.63, 3.8) is 0 Å². The van der Waals surface area contributed by atoms with Crippen molar-refractivity contribution < 1.29 is 26.0 Å². The third kappa shape index (κ3) is 4.80. The molecule has 4 rings (SSSR count). The van der Waals surface area contributed by atoms with Gasteiger partial charge in [-0.05, 0) is 63.2 Å². The van der Waals surface area contributed by atoms with Crippen LogP contribution in [0.1, 0.15) is 31.9 Å². The van der Waals surface area contributed by atoms with E-state index in [0.717, 1.165) is 24.4 Å². The minimum absolute atomic E-state index is 0.0223. The Bertz CT molecular complexity index is 1600. The molecule has 36 heavy (non-hydrogen) atoms. The number of nitriles is 1. The molecule has 3 aromatic heterocycles. The van der Waals surface area contributed by atoms with Gasteiger partial charge in [-0.2, -0.15) is 18.4 Å². The second-order valence-electron chi connectivity index (χ2n) is 8.97. The maximum atomic E-state index is 13.6. The van der Waals surface area contributed by atoms with Gasteiger partial charge in [0.1, 0.15) is 22.4 Å². The van der Waals surface area contributed by atoms with Crippen molar-refractivity contribution in [3.8, 4) is 23.1 Å². The van der Waals surface area contributed by atoms with Gasteiger partial charge < -0.3 is 0 Å². The van der Waals surface area contributed by atoms with Gasteiger partial charge in [-0.25, -0.2) is 22.5 Å². The first-order valence-corrected chi connectivity index (χ1v) is 12.0. The molecule has 4 aromatic rings. The number of fused-ring (bicyclic) bond motifs is 1. The van der Waals surface area contributed by atoms with Crippen molar-refractivity contribution in [3.05, 3.63) is 71.8 Å². The van der Waals surface area contributed by atoms with Crippen LogP contribution in [0.4, 0.5) is 17.6 Å². The van der Waals surface area contributed by atoms with E-state index in [1.54, 1.807) is 20.8 Å². The molecular formula is C24H19F4N5O2S. The zero-order chi connectivity index (χ0) is 26.5. The lowest BCUT2D eigenvalue weighted by molar-refractivity contribution is -0.137. The van der Waals surface area contributed by atoms with Crippen LogP contribution in [0.25, 0.3) is 28.1 Å². The van der Waals surface area contributed by atoms with Gasteiger partial charge in [-0.3, -0.25) is 9.55 Å². The predicted molar refractivity (Wildman–Crippen MR) is 124 cm³/mol. The lowest BCUT2D eigenvalue weighted by atomic mass is 10.1. The normalized spacial score (nSPS) is 12.6. The van der Waals surface area contributed by atoms with E-state index >= 15 is 0 Å². The molecule has 1 aromatic carbocycles. The number of sulfonamides is 1. The Kier molecular flexibility index (Phi) is 6.10. The smallest absolute Gasteiger partial charge is 0.291 e. The number of hydrogen-bond acceptors (Lipinski definition) is 5. The fraction of sp³-hybridized carbons (Fsp3) is 0.208. The molecule has 0 spiro atoms. The molecule has 186 valence electrons. The van der Waals surface area contributed by atoms with Gasteiger partial charge in [-0.1, -0.05) is 0 Å². The quantitative estimate of drug-likeness (QED) is 0.376. The van der Waals surface area contributed by atoms with E-state index in [0.29, 0.717) is 11.9 Å². The highest BCUT2D eigenvalue weighted by Gasteiger charge is 2.33. The summed E-state index contributed by atoms with van der Waals surface area (Å²) in [5, 5.41) is 9.84. The van der Waals surface area contributed by atoms with Gasteiger partial charge in [-0.15, -0.1) is 0 Å². The van der Waals surface area contributed by atoms with Crippen LogP contribution in [0.5, 0.6) is 0 Å². The molecule has 0 saturated heterocycles. The van der Waals surface area contributed by atoms with Gasteiger partial charge in [0.25, 0.3) is 0 Å². The van der Waals surface area contributed by atoms with E-state index in [4.69, 9.17) is 0 Å². The molecular weight excluding hydrogens is 498 g/mol. The number of alkyl halides is 3. The standard InChI is InChI=1S/C24H19F4N5O2S/c1-23(2,3)32-36(34,35)17-8-9-20(30-13-17)21-19(11-29)18-10-14(24(26,27)28)12-31-22(18)33(21)16-6-4-15(25)5-7-16/h4-10,12-13,32H,1-3H3. The number of nitrogens with zero attached hydrogens (tertiary/aromatic N) is 4. The topological polar surface area (TPSA) is 101 Å². The number of pyridine rings is 2. The first-order valence-electron chi connectivity index (χ1n) is 10.5. The molecule has 0 unspecified atom stereocenters. The van der Waals surface area contributed by atoms with E-state index in [1.807, 2.05) is 6.07 Å². The summed E-state index contributed by atoms with van der Waals surface area (Å²) in [6, 6.07) is 10.4. The first-order chi connectivity index (χ1) is 16.7. The second-order valence-corrected chi connectivity index (χ2v) is 10.7. The van der Waals surface area contributed by atoms with Crippen molar-refractivity contribution in [2.75, 3.05) is 0 Å². The first kappa shape index (κ1) is 25.3. The summed E-state index contributed by atoms with van der Waals surface area (Å²) in [4.78, 5) is 8.03. The minimum Gasteiger partial charge on any atom is -0.291 e. The zero-order valence-corrected chi connectivity index (χ0v) is 20.0. The molecule has 3 heterocycles. The second kappa shape index (κ2) is 8.69. The van der Waals surface area contributed by atoms with Crippen LogP contribution < -0.4 is 4.72 Å². The Balaban J connectivity index is 1.98. The van der Waals surface area contributed by atoms with Crippen LogP contribution in [-0.2, 0) is 16.2 Å². The summed E-state index contributed by atoms with van der Waals surface area (Å²) in [5.74, 6) is -0.538. The van der Waals surface area contributed by atoms with Crippen LogP contribution in [0.15, 0.2) is 59.8 Å². The molecule has 0 atom stereocenters. The number of aromatic nitrogens is 3. The number of hydrogen-bond donors (Lipinski definition) is 1. The van der Waals surface area contributed by atoms with Crippen LogP contribution in [-0.4, -0.2) is 28.5 Å². The van der Waals surface area contributed by atoms with E-state index in [1.165, 1.54) is 28.8 Å². The SMILES string of the molecule is CC(C)(C)NS(=O)(=O)c1ccc(-c2c(C#N)c3cc(C(F)(F)F)cnc3n2-c2ccc(F)cc2)nc1. The van der Waals surface area contributed by atoms with Gasteiger partial charge in [0.05, 0.1) is 22.5 Å². The molecule has 0 amide bonds. The monoisotopic (exact) mass is 517 g/mol. The highest BCUT2D eigenvalue weighted by Crippen LogP contribution is 2.38. The molecule has 0 radical (unpaired) electrons. The van der Waals surface area contributed by atoms with E-state index in [-0.39, 0.29) is 32.9 Å². The highest BCUT2D eigenvalue weighted by atomic mass is 32.2. The van der Waals surface area contributed by atoms with Crippen LogP contribution in [0.2, 0.25) is 0 Å². The van der Waals surface area contributed by atoms with Gasteiger partial charge in [0.2, 0.25) is 10.0 Å². The lowest BCUT2D eigenvalue weighted by Crippen LogP contribution is -2.40. The zero-order valence-electron chi connectivity index (χ0n) is 19.2. The highest BCUT2D eigenvalue weighted by molar-refractivity contribution is 7.89. The summed E-state index contributed by atoms with van der Waals surface area (Å²) < 4.78 is 82.9. The third-order valence-electron chi connectivity index (χ3n) is 5.06. The molecule has 7 nitrogen and oxygen atoms in total. The van der Waals surface area contributed by atoms with E-state index in [9.17, 15) is 31.2 Å². The number of benzene rings is 1. The molecule has 0 aliphatic rings. The molecule has 0 saturated carbocycles. The summed E-state index contributed by atoms with van der Waals surface area (Å²) >= 11 is 0. The Morgan fingerprint density at radius 3 is 2.19 bits per heavy atom. The molecule has 12 heteroatoms. The maximum absolute atomic E-state index is 13.6. The average molecular weight is 518 g/mol. The Morgan fingerprint density at radius 2 is 1.67 bits per heavy atom. The van der Waals surface area contributed by atoms with Crippen molar-refractivity contribution in [2.45, 2.75) is 37.4 Å².